The number of hydrogen-bond acceptors (Lipinski definition) is 6. The largest absolute Gasteiger partial charge is 0.497 e. The van der Waals surface area contributed by atoms with Crippen molar-refractivity contribution in [3.8, 4) is 5.75 Å². The third-order valence-electron chi connectivity index (χ3n) is 3.31. The van der Waals surface area contributed by atoms with Gasteiger partial charge in [-0.2, -0.15) is 4.31 Å². The van der Waals surface area contributed by atoms with Crippen LogP contribution in [0.15, 0.2) is 53.7 Å². The molecule has 0 fully saturated rings. The van der Waals surface area contributed by atoms with Crippen molar-refractivity contribution < 1.29 is 22.7 Å². The van der Waals surface area contributed by atoms with Crippen LogP contribution in [0.1, 0.15) is 5.56 Å². The van der Waals surface area contributed by atoms with Crippen LogP contribution >= 0.6 is 0 Å². The second-order valence-electron chi connectivity index (χ2n) is 4.89. The van der Waals surface area contributed by atoms with E-state index in [1.807, 2.05) is 0 Å². The van der Waals surface area contributed by atoms with Gasteiger partial charge in [0.05, 0.1) is 19.1 Å². The number of nitrogens with zero attached hydrogens (tertiary/aromatic N) is 2. The monoisotopic (exact) mass is 350 g/mol. The standard InChI is InChI=1S/C16H18N2O5S/c1-22-14-5-7-15(8-6-14)24(20,21)18(12-16(19)23-2)11-13-4-3-9-17-10-13/h3-10H,11-12H2,1-2H3. The Bertz CT molecular complexity index is 776. The van der Waals surface area contributed by atoms with Gasteiger partial charge in [-0.3, -0.25) is 9.78 Å². The van der Waals surface area contributed by atoms with Gasteiger partial charge in [-0.15, -0.1) is 0 Å². The molecule has 0 atom stereocenters. The number of pyridine rings is 1. The molecular weight excluding hydrogens is 332 g/mol. The first-order valence-electron chi connectivity index (χ1n) is 7.07. The van der Waals surface area contributed by atoms with Gasteiger partial charge < -0.3 is 9.47 Å². The first-order valence-corrected chi connectivity index (χ1v) is 8.51. The summed E-state index contributed by atoms with van der Waals surface area (Å²) in [6, 6.07) is 9.40. The molecule has 0 saturated carbocycles. The highest BCUT2D eigenvalue weighted by atomic mass is 32.2. The summed E-state index contributed by atoms with van der Waals surface area (Å²) >= 11 is 0. The maximum atomic E-state index is 12.8. The van der Waals surface area contributed by atoms with Crippen molar-refractivity contribution in [2.75, 3.05) is 20.8 Å². The van der Waals surface area contributed by atoms with E-state index in [9.17, 15) is 13.2 Å². The van der Waals surface area contributed by atoms with Gasteiger partial charge in [0.15, 0.2) is 0 Å². The number of carbonyl (C=O) groups excluding carboxylic acids is 1. The molecule has 2 rings (SSSR count). The van der Waals surface area contributed by atoms with Crippen molar-refractivity contribution >= 4 is 16.0 Å². The van der Waals surface area contributed by atoms with E-state index in [0.29, 0.717) is 11.3 Å². The summed E-state index contributed by atoms with van der Waals surface area (Å²) in [7, 11) is -1.17. The fourth-order valence-electron chi connectivity index (χ4n) is 2.03. The maximum Gasteiger partial charge on any atom is 0.321 e. The normalized spacial score (nSPS) is 11.3. The van der Waals surface area contributed by atoms with Crippen LogP contribution in [-0.4, -0.2) is 44.4 Å². The molecule has 1 heterocycles. The maximum absolute atomic E-state index is 12.8. The lowest BCUT2D eigenvalue weighted by Gasteiger charge is -2.21. The molecule has 0 radical (unpaired) electrons. The Hall–Kier alpha value is -2.45. The van der Waals surface area contributed by atoms with E-state index in [1.54, 1.807) is 36.7 Å². The lowest BCUT2D eigenvalue weighted by Crippen LogP contribution is -2.35. The zero-order valence-electron chi connectivity index (χ0n) is 13.4. The van der Waals surface area contributed by atoms with Crippen LogP contribution in [0.4, 0.5) is 0 Å². The third-order valence-corrected chi connectivity index (χ3v) is 5.12. The van der Waals surface area contributed by atoms with Gasteiger partial charge in [0.1, 0.15) is 12.3 Å². The molecule has 0 unspecified atom stereocenters. The minimum Gasteiger partial charge on any atom is -0.497 e. The van der Waals surface area contributed by atoms with E-state index >= 15 is 0 Å². The molecule has 0 spiro atoms. The summed E-state index contributed by atoms with van der Waals surface area (Å²) in [6.45, 7) is -0.378. The molecule has 0 aliphatic carbocycles. The molecule has 0 aliphatic rings. The zero-order valence-corrected chi connectivity index (χ0v) is 14.2. The summed E-state index contributed by atoms with van der Waals surface area (Å²) in [5.41, 5.74) is 0.665. The van der Waals surface area contributed by atoms with Gasteiger partial charge in [0, 0.05) is 18.9 Å². The number of aromatic nitrogens is 1. The quantitative estimate of drug-likeness (QED) is 0.703. The molecule has 0 amide bonds. The van der Waals surface area contributed by atoms with Gasteiger partial charge in [0.2, 0.25) is 10.0 Å². The smallest absolute Gasteiger partial charge is 0.321 e. The van der Waals surface area contributed by atoms with E-state index in [-0.39, 0.29) is 18.0 Å². The molecule has 0 bridgehead atoms. The number of ether oxygens (including phenoxy) is 2. The lowest BCUT2D eigenvalue weighted by atomic mass is 10.3. The third kappa shape index (κ3) is 4.30. The van der Waals surface area contributed by atoms with E-state index in [2.05, 4.69) is 9.72 Å². The van der Waals surface area contributed by atoms with Gasteiger partial charge in [0.25, 0.3) is 0 Å². The summed E-state index contributed by atoms with van der Waals surface area (Å²) in [6.07, 6.45) is 3.14. The van der Waals surface area contributed by atoms with E-state index in [4.69, 9.17) is 4.74 Å². The number of benzene rings is 1. The van der Waals surface area contributed by atoms with Crippen LogP contribution in [0.25, 0.3) is 0 Å². The van der Waals surface area contributed by atoms with Crippen molar-refractivity contribution in [3.05, 3.63) is 54.4 Å². The highest BCUT2D eigenvalue weighted by Gasteiger charge is 2.27. The fraction of sp³-hybridized carbons (Fsp3) is 0.250. The Morgan fingerprint density at radius 1 is 1.17 bits per heavy atom. The first kappa shape index (κ1) is 17.9. The molecule has 7 nitrogen and oxygen atoms in total. The highest BCUT2D eigenvalue weighted by Crippen LogP contribution is 2.21. The predicted molar refractivity (Wildman–Crippen MR) is 86.8 cm³/mol. The summed E-state index contributed by atoms with van der Waals surface area (Å²) in [4.78, 5) is 15.7. The van der Waals surface area contributed by atoms with Gasteiger partial charge in [-0.1, -0.05) is 6.07 Å². The Morgan fingerprint density at radius 2 is 1.88 bits per heavy atom. The topological polar surface area (TPSA) is 85.8 Å². The molecule has 1 aromatic carbocycles. The Morgan fingerprint density at radius 3 is 2.42 bits per heavy atom. The number of esters is 1. The molecule has 0 aliphatic heterocycles. The van der Waals surface area contributed by atoms with Gasteiger partial charge in [-0.25, -0.2) is 8.42 Å². The molecule has 8 heteroatoms. The van der Waals surface area contributed by atoms with E-state index in [1.165, 1.54) is 26.4 Å². The second-order valence-corrected chi connectivity index (χ2v) is 6.82. The van der Waals surface area contributed by atoms with Crippen molar-refractivity contribution in [1.82, 2.24) is 9.29 Å². The lowest BCUT2D eigenvalue weighted by molar-refractivity contribution is -0.140. The van der Waals surface area contributed by atoms with Crippen LogP contribution in [0, 0.1) is 0 Å². The van der Waals surface area contributed by atoms with Crippen molar-refractivity contribution in [1.29, 1.82) is 0 Å². The number of rotatable bonds is 7. The molecule has 2 aromatic rings. The Labute approximate surface area is 140 Å². The van der Waals surface area contributed by atoms with Crippen molar-refractivity contribution in [2.45, 2.75) is 11.4 Å². The minimum atomic E-state index is -3.88. The zero-order chi connectivity index (χ0) is 17.6. The van der Waals surface area contributed by atoms with Crippen LogP contribution in [0.2, 0.25) is 0 Å². The van der Waals surface area contributed by atoms with Crippen LogP contribution < -0.4 is 4.74 Å². The molecule has 0 saturated heterocycles. The molecule has 0 N–H and O–H groups in total. The molecule has 24 heavy (non-hydrogen) atoms. The summed E-state index contributed by atoms with van der Waals surface area (Å²) in [5.74, 6) is -0.100. The number of carbonyl (C=O) groups is 1. The van der Waals surface area contributed by atoms with Crippen LogP contribution in [0.5, 0.6) is 5.75 Å². The van der Waals surface area contributed by atoms with Gasteiger partial charge in [-0.05, 0) is 35.9 Å². The average Bonchev–Trinajstić information content (AvgIpc) is 2.62. The molecule has 1 aromatic heterocycles. The molecular formula is C16H18N2O5S. The van der Waals surface area contributed by atoms with Crippen LogP contribution in [-0.2, 0) is 26.1 Å². The van der Waals surface area contributed by atoms with E-state index < -0.39 is 16.0 Å². The van der Waals surface area contributed by atoms with Crippen molar-refractivity contribution in [2.24, 2.45) is 0 Å². The molecule has 128 valence electrons. The number of methoxy groups -OCH3 is 2. The Kier molecular flexibility index (Phi) is 5.88. The Balaban J connectivity index is 2.34. The number of sulfonamides is 1. The number of hydrogen-bond donors (Lipinski definition) is 0. The van der Waals surface area contributed by atoms with Crippen LogP contribution in [0.3, 0.4) is 0 Å². The minimum absolute atomic E-state index is 0.0112. The first-order chi connectivity index (χ1) is 11.5. The van der Waals surface area contributed by atoms with Crippen molar-refractivity contribution in [3.63, 3.8) is 0 Å². The fourth-order valence-corrected chi connectivity index (χ4v) is 3.40. The average molecular weight is 350 g/mol. The summed E-state index contributed by atoms with van der Waals surface area (Å²) in [5, 5.41) is 0. The highest BCUT2D eigenvalue weighted by molar-refractivity contribution is 7.89. The summed E-state index contributed by atoms with van der Waals surface area (Å²) < 4.78 is 36.4. The second kappa shape index (κ2) is 7.89. The predicted octanol–water partition coefficient (Wildman–Crippen LogP) is 1.45. The van der Waals surface area contributed by atoms with E-state index in [0.717, 1.165) is 4.31 Å². The SMILES string of the molecule is COC(=O)CN(Cc1cccnc1)S(=O)(=O)c1ccc(OC)cc1. The van der Waals surface area contributed by atoms with Gasteiger partial charge >= 0.3 is 5.97 Å².